The molecule has 0 bridgehead atoms. The predicted molar refractivity (Wildman–Crippen MR) is 173 cm³/mol. The Hall–Kier alpha value is -5.44. The van der Waals surface area contributed by atoms with Crippen LogP contribution in [0.25, 0.3) is 22.0 Å². The van der Waals surface area contributed by atoms with Crippen molar-refractivity contribution in [3.63, 3.8) is 0 Å². The second-order valence-corrected chi connectivity index (χ2v) is 13.0. The summed E-state index contributed by atoms with van der Waals surface area (Å²) in [5.74, 6) is -2.88. The monoisotopic (exact) mass is 678 g/mol. The molecular formula is C33H29F3N6O5S. The van der Waals surface area contributed by atoms with Crippen LogP contribution in [-0.2, 0) is 15.8 Å². The van der Waals surface area contributed by atoms with Gasteiger partial charge >= 0.3 is 6.09 Å². The number of hydrogen-bond acceptors (Lipinski definition) is 8. The highest BCUT2D eigenvalue weighted by atomic mass is 32.2. The Morgan fingerprint density at radius 2 is 1.83 bits per heavy atom. The van der Waals surface area contributed by atoms with Crippen molar-refractivity contribution in [2.75, 3.05) is 23.1 Å². The van der Waals surface area contributed by atoms with Crippen molar-refractivity contribution in [2.45, 2.75) is 31.6 Å². The van der Waals surface area contributed by atoms with Crippen LogP contribution < -0.4 is 14.8 Å². The van der Waals surface area contributed by atoms with E-state index >= 15 is 4.39 Å². The molecule has 15 heteroatoms. The summed E-state index contributed by atoms with van der Waals surface area (Å²) in [7, 11) is -4.34. The Balaban J connectivity index is 1.30. The molecule has 3 heterocycles. The van der Waals surface area contributed by atoms with E-state index in [1.54, 1.807) is 37.4 Å². The number of benzene rings is 3. The Bertz CT molecular complexity index is 2140. The second kappa shape index (κ2) is 13.4. The normalized spacial score (nSPS) is 14.9. The molecule has 2 aromatic heterocycles. The minimum atomic E-state index is -4.34. The summed E-state index contributed by atoms with van der Waals surface area (Å²) in [4.78, 5) is 26.1. The number of nitrogens with zero attached hydrogens (tertiary/aromatic N) is 4. The van der Waals surface area contributed by atoms with Gasteiger partial charge in [-0.2, -0.15) is 0 Å². The molecule has 1 aliphatic heterocycles. The van der Waals surface area contributed by atoms with E-state index in [-0.39, 0.29) is 34.3 Å². The lowest BCUT2D eigenvalue weighted by Crippen LogP contribution is -2.44. The minimum absolute atomic E-state index is 0.158. The van der Waals surface area contributed by atoms with E-state index in [1.807, 2.05) is 0 Å². The molecule has 3 aromatic carbocycles. The van der Waals surface area contributed by atoms with Gasteiger partial charge in [0.05, 0.1) is 22.7 Å². The molecule has 1 aliphatic rings. The number of nitrogens with one attached hydrogen (secondary N) is 2. The number of pyridine rings is 1. The van der Waals surface area contributed by atoms with Crippen LogP contribution in [0.1, 0.15) is 24.0 Å². The highest BCUT2D eigenvalue weighted by molar-refractivity contribution is 7.91. The van der Waals surface area contributed by atoms with Crippen LogP contribution in [0.15, 0.2) is 73.1 Å². The van der Waals surface area contributed by atoms with Crippen molar-refractivity contribution in [1.82, 2.24) is 19.9 Å². The summed E-state index contributed by atoms with van der Waals surface area (Å²) < 4.78 is 77.3. The summed E-state index contributed by atoms with van der Waals surface area (Å²) in [5, 5.41) is 13.1. The van der Waals surface area contributed by atoms with Gasteiger partial charge < -0.3 is 20.1 Å². The number of aromatic nitrogens is 3. The molecule has 11 nitrogen and oxygen atoms in total. The van der Waals surface area contributed by atoms with Crippen LogP contribution in [-0.4, -0.2) is 58.6 Å². The van der Waals surface area contributed by atoms with E-state index < -0.39 is 39.3 Å². The summed E-state index contributed by atoms with van der Waals surface area (Å²) >= 11 is 0. The number of likely N-dealkylation sites (tertiary alicyclic amines) is 1. The van der Waals surface area contributed by atoms with E-state index in [2.05, 4.69) is 25.0 Å². The zero-order chi connectivity index (χ0) is 34.0. The Labute approximate surface area is 273 Å². The van der Waals surface area contributed by atoms with Gasteiger partial charge in [0.15, 0.2) is 0 Å². The third kappa shape index (κ3) is 7.10. The average Bonchev–Trinajstić information content (AvgIpc) is 3.05. The lowest BCUT2D eigenvalue weighted by molar-refractivity contribution is 0.132. The standard InChI is InChI=1S/C33H29F3N6O5S/c1-19-6-9-23-24(10-11-26(35)29(23)41-48(45,46)18-20-7-8-21(34)16-27(20)36)30(19)47-31-25(5-2-13-37-31)28-12-14-38-32(40-28)39-22-4-3-15-42(17-22)33(43)44/h2,5-14,16,22,41H,3-4,15,17-18H2,1H3,(H,43,44)(H,38,39,40)/t22-/m0/s1. The molecular weight excluding hydrogens is 649 g/mol. The number of fused-ring (bicyclic) bond motifs is 1. The SMILES string of the molecule is Cc1ccc2c(NS(=O)(=O)Cc3ccc(F)cc3F)c(F)ccc2c1Oc1ncccc1-c1ccnc(N[C@H]2CCCN(C(=O)O)C2)n1. The first-order valence-corrected chi connectivity index (χ1v) is 16.5. The third-order valence-corrected chi connectivity index (χ3v) is 9.05. The number of carbonyl (C=O) groups is 1. The molecule has 6 rings (SSSR count). The smallest absolute Gasteiger partial charge is 0.407 e. The number of rotatable bonds is 9. The van der Waals surface area contributed by atoms with Gasteiger partial charge in [0.1, 0.15) is 23.2 Å². The molecule has 1 amide bonds. The second-order valence-electron chi connectivity index (χ2n) is 11.3. The van der Waals surface area contributed by atoms with Crippen LogP contribution in [0.3, 0.4) is 0 Å². The first-order valence-electron chi connectivity index (χ1n) is 14.8. The molecule has 3 N–H and O–H groups in total. The number of carboxylic acid groups (broad SMARTS) is 1. The number of ether oxygens (including phenoxy) is 1. The lowest BCUT2D eigenvalue weighted by atomic mass is 10.0. The highest BCUT2D eigenvalue weighted by Crippen LogP contribution is 2.40. The van der Waals surface area contributed by atoms with Crippen molar-refractivity contribution in [2.24, 2.45) is 0 Å². The zero-order valence-corrected chi connectivity index (χ0v) is 26.3. The number of piperidine rings is 1. The van der Waals surface area contributed by atoms with E-state index in [0.29, 0.717) is 53.7 Å². The summed E-state index contributed by atoms with van der Waals surface area (Å²) in [5.41, 5.74) is 0.956. The Morgan fingerprint density at radius 3 is 2.62 bits per heavy atom. The van der Waals surface area contributed by atoms with Crippen LogP contribution in [0.4, 0.5) is 29.6 Å². The number of hydrogen-bond donors (Lipinski definition) is 3. The molecule has 1 saturated heterocycles. The molecule has 248 valence electrons. The fourth-order valence-corrected chi connectivity index (χ4v) is 6.76. The molecule has 0 unspecified atom stereocenters. The molecule has 5 aromatic rings. The van der Waals surface area contributed by atoms with Gasteiger partial charge in [-0.15, -0.1) is 0 Å². The van der Waals surface area contributed by atoms with Crippen LogP contribution in [0, 0.1) is 24.4 Å². The largest absolute Gasteiger partial charge is 0.465 e. The predicted octanol–water partition coefficient (Wildman–Crippen LogP) is 6.71. The number of amides is 1. The fraction of sp³-hybridized carbons (Fsp3) is 0.212. The van der Waals surface area contributed by atoms with E-state index in [4.69, 9.17) is 4.74 Å². The lowest BCUT2D eigenvalue weighted by Gasteiger charge is -2.31. The van der Waals surface area contributed by atoms with Gasteiger partial charge in [-0.3, -0.25) is 4.72 Å². The maximum atomic E-state index is 15.2. The molecule has 48 heavy (non-hydrogen) atoms. The molecule has 1 atom stereocenters. The molecule has 0 aliphatic carbocycles. The van der Waals surface area contributed by atoms with Gasteiger partial charge in [-0.05, 0) is 61.7 Å². The number of halogens is 3. The van der Waals surface area contributed by atoms with Crippen LogP contribution in [0.5, 0.6) is 11.6 Å². The minimum Gasteiger partial charge on any atom is -0.465 e. The first-order chi connectivity index (χ1) is 23.0. The Kier molecular flexibility index (Phi) is 9.04. The van der Waals surface area contributed by atoms with E-state index in [0.717, 1.165) is 24.6 Å². The number of aryl methyl sites for hydroxylation is 1. The Morgan fingerprint density at radius 1 is 1.02 bits per heavy atom. The third-order valence-electron chi connectivity index (χ3n) is 7.84. The molecule has 0 spiro atoms. The summed E-state index contributed by atoms with van der Waals surface area (Å²) in [6.45, 7) is 2.53. The zero-order valence-electron chi connectivity index (χ0n) is 25.5. The number of anilines is 2. The van der Waals surface area contributed by atoms with Crippen LogP contribution in [0.2, 0.25) is 0 Å². The van der Waals surface area contributed by atoms with Gasteiger partial charge in [-0.25, -0.2) is 41.3 Å². The van der Waals surface area contributed by atoms with Crippen molar-refractivity contribution < 1.29 is 36.2 Å². The van der Waals surface area contributed by atoms with E-state index in [9.17, 15) is 27.1 Å². The number of sulfonamides is 1. The summed E-state index contributed by atoms with van der Waals surface area (Å²) in [6.07, 6.45) is 3.55. The van der Waals surface area contributed by atoms with Gasteiger partial charge in [0, 0.05) is 53.9 Å². The highest BCUT2D eigenvalue weighted by Gasteiger charge is 2.25. The van der Waals surface area contributed by atoms with Crippen molar-refractivity contribution >= 4 is 38.5 Å². The average molecular weight is 679 g/mol. The maximum Gasteiger partial charge on any atom is 0.407 e. The topological polar surface area (TPSA) is 147 Å². The quantitative estimate of drug-likeness (QED) is 0.155. The molecule has 0 saturated carbocycles. The van der Waals surface area contributed by atoms with Gasteiger partial charge in [0.2, 0.25) is 21.9 Å². The fourth-order valence-electron chi connectivity index (χ4n) is 5.53. The van der Waals surface area contributed by atoms with Gasteiger partial charge in [-0.1, -0.05) is 18.2 Å². The van der Waals surface area contributed by atoms with E-state index in [1.165, 1.54) is 23.2 Å². The maximum absolute atomic E-state index is 15.2. The van der Waals surface area contributed by atoms with Crippen molar-refractivity contribution in [3.8, 4) is 22.9 Å². The molecule has 0 radical (unpaired) electrons. The summed E-state index contributed by atoms with van der Waals surface area (Å²) in [6, 6.07) is 13.2. The van der Waals surface area contributed by atoms with Crippen molar-refractivity contribution in [3.05, 3.63) is 102 Å². The van der Waals surface area contributed by atoms with Gasteiger partial charge in [0.25, 0.3) is 0 Å². The van der Waals surface area contributed by atoms with Crippen molar-refractivity contribution in [1.29, 1.82) is 0 Å². The molecule has 1 fully saturated rings. The first kappa shape index (κ1) is 32.5. The van der Waals surface area contributed by atoms with Crippen LogP contribution >= 0.6 is 0 Å².